The molecule has 0 aliphatic heterocycles. The van der Waals surface area contributed by atoms with Crippen LogP contribution in [-0.4, -0.2) is 33.1 Å². The number of aliphatic hydroxyl groups excluding tert-OH is 1. The third-order valence-corrected chi connectivity index (χ3v) is 5.83. The molecule has 6 heteroatoms. The second-order valence-corrected chi connectivity index (χ2v) is 8.01. The Morgan fingerprint density at radius 2 is 1.81 bits per heavy atom. The molecular weight excluding hydrogens is 393 g/mol. The number of pyridine rings is 2. The van der Waals surface area contributed by atoms with Gasteiger partial charge in [0.05, 0.1) is 17.7 Å². The minimum atomic E-state index is -0.512. The van der Waals surface area contributed by atoms with Gasteiger partial charge >= 0.3 is 0 Å². The molecular formula is C25H26FN3O2. The van der Waals surface area contributed by atoms with E-state index in [9.17, 15) is 14.3 Å². The molecule has 2 N–H and O–H groups in total. The number of rotatable bonds is 6. The number of benzene rings is 1. The number of halogens is 1. The molecule has 0 unspecified atom stereocenters. The molecule has 1 aromatic carbocycles. The van der Waals surface area contributed by atoms with Crippen LogP contribution < -0.4 is 5.32 Å². The van der Waals surface area contributed by atoms with Crippen LogP contribution in [0.4, 0.5) is 4.39 Å². The topological polar surface area (TPSA) is 75.1 Å². The van der Waals surface area contributed by atoms with Gasteiger partial charge in [0.15, 0.2) is 0 Å². The molecule has 3 aromatic rings. The molecule has 0 radical (unpaired) electrons. The molecule has 5 nitrogen and oxygen atoms in total. The highest BCUT2D eigenvalue weighted by Gasteiger charge is 2.25. The van der Waals surface area contributed by atoms with Crippen LogP contribution in [0.3, 0.4) is 0 Å². The highest BCUT2D eigenvalue weighted by Crippen LogP contribution is 2.26. The fraction of sp³-hybridized carbons (Fsp3) is 0.320. The predicted molar refractivity (Wildman–Crippen MR) is 117 cm³/mol. The largest absolute Gasteiger partial charge is 0.391 e. The molecule has 2 atom stereocenters. The van der Waals surface area contributed by atoms with Crippen molar-refractivity contribution in [1.29, 1.82) is 0 Å². The minimum absolute atomic E-state index is 0.234. The molecule has 1 aliphatic rings. The molecule has 1 saturated carbocycles. The quantitative estimate of drug-likeness (QED) is 0.631. The summed E-state index contributed by atoms with van der Waals surface area (Å²) in [5.41, 5.74) is 4.05. The molecule has 2 aromatic heterocycles. The van der Waals surface area contributed by atoms with Crippen LogP contribution >= 0.6 is 0 Å². The smallest absolute Gasteiger partial charge is 0.253 e. The fourth-order valence-corrected chi connectivity index (χ4v) is 4.04. The monoisotopic (exact) mass is 419 g/mol. The number of hydrogen-bond donors (Lipinski definition) is 2. The van der Waals surface area contributed by atoms with Crippen LogP contribution in [0.1, 0.15) is 47.3 Å². The molecule has 31 heavy (non-hydrogen) atoms. The van der Waals surface area contributed by atoms with E-state index in [0.29, 0.717) is 18.4 Å². The van der Waals surface area contributed by atoms with Crippen LogP contribution in [0.25, 0.3) is 11.1 Å². The summed E-state index contributed by atoms with van der Waals surface area (Å²) < 4.78 is 13.5. The van der Waals surface area contributed by atoms with E-state index in [1.165, 1.54) is 12.1 Å². The van der Waals surface area contributed by atoms with Crippen molar-refractivity contribution in [3.05, 3.63) is 83.7 Å². The molecule has 160 valence electrons. The number of aromatic nitrogens is 2. The molecule has 1 aliphatic carbocycles. The Hall–Kier alpha value is -3.12. The maximum absolute atomic E-state index is 13.5. The van der Waals surface area contributed by atoms with E-state index in [1.54, 1.807) is 30.7 Å². The Bertz CT molecular complexity index is 1020. The first-order valence-corrected chi connectivity index (χ1v) is 10.7. The number of nitrogens with one attached hydrogen (secondary N) is 1. The van der Waals surface area contributed by atoms with Gasteiger partial charge in [0.25, 0.3) is 5.91 Å². The zero-order chi connectivity index (χ0) is 21.6. The lowest BCUT2D eigenvalue weighted by Gasteiger charge is -2.28. The first kappa shape index (κ1) is 21.1. The molecule has 0 bridgehead atoms. The van der Waals surface area contributed by atoms with Crippen molar-refractivity contribution in [3.63, 3.8) is 0 Å². The summed E-state index contributed by atoms with van der Waals surface area (Å²) in [5, 5.41) is 13.1. The summed E-state index contributed by atoms with van der Waals surface area (Å²) in [5.74, 6) is -0.558. The van der Waals surface area contributed by atoms with Crippen LogP contribution in [0.2, 0.25) is 0 Å². The summed E-state index contributed by atoms with van der Waals surface area (Å²) in [6.45, 7) is 0. The Labute approximate surface area is 181 Å². The maximum Gasteiger partial charge on any atom is 0.253 e. The fourth-order valence-electron chi connectivity index (χ4n) is 4.04. The number of hydrogen-bond acceptors (Lipinski definition) is 4. The van der Waals surface area contributed by atoms with Gasteiger partial charge in [-0.3, -0.25) is 14.8 Å². The summed E-state index contributed by atoms with van der Waals surface area (Å²) >= 11 is 0. The van der Waals surface area contributed by atoms with Gasteiger partial charge in [0, 0.05) is 29.8 Å². The van der Waals surface area contributed by atoms with E-state index < -0.39 is 6.10 Å². The van der Waals surface area contributed by atoms with Crippen molar-refractivity contribution in [3.8, 4) is 11.1 Å². The van der Waals surface area contributed by atoms with E-state index >= 15 is 0 Å². The summed E-state index contributed by atoms with van der Waals surface area (Å²) in [6.07, 6.45) is 9.51. The van der Waals surface area contributed by atoms with Crippen molar-refractivity contribution < 1.29 is 14.3 Å². The molecule has 2 heterocycles. The van der Waals surface area contributed by atoms with E-state index in [2.05, 4.69) is 15.3 Å². The van der Waals surface area contributed by atoms with Crippen LogP contribution in [0.5, 0.6) is 0 Å². The lowest BCUT2D eigenvalue weighted by atomic mass is 9.92. The van der Waals surface area contributed by atoms with Gasteiger partial charge < -0.3 is 10.4 Å². The van der Waals surface area contributed by atoms with Gasteiger partial charge in [-0.05, 0) is 67.1 Å². The summed E-state index contributed by atoms with van der Waals surface area (Å²) in [6, 6.07) is 11.7. The Kier molecular flexibility index (Phi) is 6.67. The third kappa shape index (κ3) is 5.33. The minimum Gasteiger partial charge on any atom is -0.391 e. The number of amides is 1. The van der Waals surface area contributed by atoms with Gasteiger partial charge in [-0.15, -0.1) is 0 Å². The Balaban J connectivity index is 1.59. The van der Waals surface area contributed by atoms with Crippen LogP contribution in [0, 0.1) is 5.82 Å². The zero-order valence-corrected chi connectivity index (χ0v) is 17.3. The Morgan fingerprint density at radius 1 is 1.06 bits per heavy atom. The normalized spacial score (nSPS) is 18.5. The maximum atomic E-state index is 13.5. The number of nitrogens with zero attached hydrogens (tertiary/aromatic N) is 2. The average molecular weight is 420 g/mol. The van der Waals surface area contributed by atoms with Gasteiger partial charge in [0.1, 0.15) is 5.82 Å². The SMILES string of the molecule is O=C(N[C@@H]1CCCC[C@H]1O)c1cnc(CCc2ccncc2)c(-c2ccc(F)cc2)c1. The lowest BCUT2D eigenvalue weighted by molar-refractivity contribution is 0.0717. The second-order valence-electron chi connectivity index (χ2n) is 8.01. The lowest BCUT2D eigenvalue weighted by Crippen LogP contribution is -2.45. The van der Waals surface area contributed by atoms with Crippen molar-refractivity contribution in [2.24, 2.45) is 0 Å². The van der Waals surface area contributed by atoms with E-state index in [4.69, 9.17) is 0 Å². The Morgan fingerprint density at radius 3 is 2.55 bits per heavy atom. The van der Waals surface area contributed by atoms with Crippen molar-refractivity contribution in [2.45, 2.75) is 50.7 Å². The number of aliphatic hydroxyl groups is 1. The predicted octanol–water partition coefficient (Wildman–Crippen LogP) is 4.10. The van der Waals surface area contributed by atoms with Crippen molar-refractivity contribution in [1.82, 2.24) is 15.3 Å². The third-order valence-electron chi connectivity index (χ3n) is 5.83. The van der Waals surface area contributed by atoms with Gasteiger partial charge in [-0.1, -0.05) is 25.0 Å². The number of carbonyl (C=O) groups is 1. The molecule has 0 saturated heterocycles. The highest BCUT2D eigenvalue weighted by molar-refractivity contribution is 5.95. The highest BCUT2D eigenvalue weighted by atomic mass is 19.1. The second kappa shape index (κ2) is 9.79. The molecule has 1 amide bonds. The van der Waals surface area contributed by atoms with E-state index in [-0.39, 0.29) is 17.8 Å². The van der Waals surface area contributed by atoms with Gasteiger partial charge in [0.2, 0.25) is 0 Å². The zero-order valence-electron chi connectivity index (χ0n) is 17.3. The molecule has 4 rings (SSSR count). The number of aryl methyl sites for hydroxylation is 2. The van der Waals surface area contributed by atoms with Crippen LogP contribution in [0.15, 0.2) is 61.1 Å². The first-order valence-electron chi connectivity index (χ1n) is 10.7. The van der Waals surface area contributed by atoms with E-state index in [0.717, 1.165) is 48.1 Å². The van der Waals surface area contributed by atoms with Crippen molar-refractivity contribution in [2.75, 3.05) is 0 Å². The average Bonchev–Trinajstić information content (AvgIpc) is 2.80. The van der Waals surface area contributed by atoms with Gasteiger partial charge in [-0.25, -0.2) is 4.39 Å². The molecule has 0 spiro atoms. The van der Waals surface area contributed by atoms with Gasteiger partial charge in [-0.2, -0.15) is 0 Å². The van der Waals surface area contributed by atoms with Crippen LogP contribution in [-0.2, 0) is 12.8 Å². The van der Waals surface area contributed by atoms with E-state index in [1.807, 2.05) is 18.2 Å². The van der Waals surface area contributed by atoms with Crippen molar-refractivity contribution >= 4 is 5.91 Å². The summed E-state index contributed by atoms with van der Waals surface area (Å²) in [7, 11) is 0. The summed E-state index contributed by atoms with van der Waals surface area (Å²) in [4.78, 5) is 21.5. The standard InChI is InChI=1S/C25H26FN3O2/c26-20-8-6-18(7-9-20)21-15-19(25(31)29-23-3-1-2-4-24(23)30)16-28-22(21)10-5-17-11-13-27-14-12-17/h6-9,11-16,23-24,30H,1-5,10H2,(H,29,31)/t23-,24-/m1/s1. The molecule has 1 fully saturated rings. The first-order chi connectivity index (χ1) is 15.1. The number of carbonyl (C=O) groups excluding carboxylic acids is 1.